The zero-order valence-electron chi connectivity index (χ0n) is 14.6. The maximum absolute atomic E-state index is 4.59. The molecule has 2 heterocycles. The smallest absolute Gasteiger partial charge is 0.228 e. The summed E-state index contributed by atoms with van der Waals surface area (Å²) >= 11 is 1.84. The van der Waals surface area contributed by atoms with Crippen LogP contribution in [-0.2, 0) is 0 Å². The van der Waals surface area contributed by atoms with E-state index in [9.17, 15) is 0 Å². The van der Waals surface area contributed by atoms with Gasteiger partial charge in [-0.3, -0.25) is 4.57 Å². The second-order valence-electron chi connectivity index (χ2n) is 7.22. The van der Waals surface area contributed by atoms with Crippen LogP contribution < -0.4 is 4.90 Å². The molecule has 0 amide bonds. The van der Waals surface area contributed by atoms with Gasteiger partial charge in [0.05, 0.1) is 0 Å². The summed E-state index contributed by atoms with van der Waals surface area (Å²) in [6.07, 6.45) is 5.06. The van der Waals surface area contributed by atoms with Gasteiger partial charge >= 0.3 is 0 Å². The fraction of sp³-hybridized carbons (Fsp3) is 0.579. The van der Waals surface area contributed by atoms with Gasteiger partial charge in [-0.1, -0.05) is 49.0 Å². The molecule has 2 aliphatic rings. The van der Waals surface area contributed by atoms with Crippen molar-refractivity contribution in [3.63, 3.8) is 0 Å². The Balaban J connectivity index is 1.55. The number of hydrogen-bond acceptors (Lipinski definition) is 4. The van der Waals surface area contributed by atoms with Crippen molar-refractivity contribution in [1.82, 2.24) is 14.8 Å². The van der Waals surface area contributed by atoms with Crippen molar-refractivity contribution in [2.75, 3.05) is 18.0 Å². The van der Waals surface area contributed by atoms with E-state index in [1.807, 2.05) is 11.8 Å². The Hall–Kier alpha value is -1.49. The van der Waals surface area contributed by atoms with E-state index in [0.717, 1.165) is 30.1 Å². The van der Waals surface area contributed by atoms with Gasteiger partial charge in [0.15, 0.2) is 5.16 Å². The predicted molar refractivity (Wildman–Crippen MR) is 99.6 cm³/mol. The topological polar surface area (TPSA) is 34.0 Å². The van der Waals surface area contributed by atoms with Crippen molar-refractivity contribution in [2.45, 2.75) is 56.0 Å². The lowest BCUT2D eigenvalue weighted by Crippen LogP contribution is -2.34. The molecule has 1 aromatic heterocycles. The van der Waals surface area contributed by atoms with Crippen LogP contribution in [0.4, 0.5) is 5.95 Å². The number of nitrogens with zero attached hydrogens (tertiary/aromatic N) is 4. The molecule has 1 aliphatic carbocycles. The third-order valence-corrected chi connectivity index (χ3v) is 6.29. The summed E-state index contributed by atoms with van der Waals surface area (Å²) < 4.78 is 2.42. The third kappa shape index (κ3) is 3.32. The summed E-state index contributed by atoms with van der Waals surface area (Å²) in [4.78, 5) is 2.45. The van der Waals surface area contributed by atoms with Crippen LogP contribution in [0.15, 0.2) is 35.5 Å². The van der Waals surface area contributed by atoms with Crippen molar-refractivity contribution in [3.05, 3.63) is 35.9 Å². The van der Waals surface area contributed by atoms with Crippen LogP contribution >= 0.6 is 11.8 Å². The molecule has 128 valence electrons. The second-order valence-corrected chi connectivity index (χ2v) is 8.53. The van der Waals surface area contributed by atoms with E-state index in [1.54, 1.807) is 0 Å². The molecule has 5 heteroatoms. The number of piperidine rings is 1. The lowest BCUT2D eigenvalue weighted by molar-refractivity contribution is 0.429. The highest BCUT2D eigenvalue weighted by atomic mass is 32.2. The zero-order chi connectivity index (χ0) is 16.5. The highest BCUT2D eigenvalue weighted by Crippen LogP contribution is 2.44. The molecule has 4 nitrogen and oxygen atoms in total. The van der Waals surface area contributed by atoms with E-state index in [0.29, 0.717) is 11.3 Å². The minimum absolute atomic E-state index is 0.391. The predicted octanol–water partition coefficient (Wildman–Crippen LogP) is 4.70. The number of benzene rings is 1. The first-order valence-electron chi connectivity index (χ1n) is 9.14. The maximum atomic E-state index is 4.59. The fourth-order valence-corrected chi connectivity index (χ4v) is 4.42. The van der Waals surface area contributed by atoms with Crippen molar-refractivity contribution in [3.8, 4) is 0 Å². The Labute approximate surface area is 148 Å². The SMILES string of the molecule is CC1CCN(c2nnc(SC(C)c3ccccc3)n2C2CC2)CC1. The van der Waals surface area contributed by atoms with Crippen LogP contribution in [0.25, 0.3) is 0 Å². The van der Waals surface area contributed by atoms with Gasteiger partial charge in [0.1, 0.15) is 0 Å². The normalized spacial score (nSPS) is 20.3. The molecule has 1 aromatic carbocycles. The molecular weight excluding hydrogens is 316 g/mol. The Bertz CT molecular complexity index is 672. The van der Waals surface area contributed by atoms with Crippen LogP contribution in [0.5, 0.6) is 0 Å². The summed E-state index contributed by atoms with van der Waals surface area (Å²) in [6.45, 7) is 6.84. The van der Waals surface area contributed by atoms with Gasteiger partial charge in [-0.2, -0.15) is 0 Å². The summed E-state index contributed by atoms with van der Waals surface area (Å²) in [5.74, 6) is 1.94. The van der Waals surface area contributed by atoms with Gasteiger partial charge in [0, 0.05) is 24.4 Å². The molecule has 24 heavy (non-hydrogen) atoms. The van der Waals surface area contributed by atoms with Gasteiger partial charge in [0.2, 0.25) is 5.95 Å². The van der Waals surface area contributed by atoms with Crippen molar-refractivity contribution >= 4 is 17.7 Å². The minimum Gasteiger partial charge on any atom is -0.341 e. The molecule has 2 aromatic rings. The lowest BCUT2D eigenvalue weighted by atomic mass is 10.00. The van der Waals surface area contributed by atoms with Gasteiger partial charge in [-0.05, 0) is 44.1 Å². The molecule has 1 atom stereocenters. The molecule has 4 rings (SSSR count). The number of thioether (sulfide) groups is 1. The quantitative estimate of drug-likeness (QED) is 0.737. The first-order valence-corrected chi connectivity index (χ1v) is 10.0. The number of hydrogen-bond donors (Lipinski definition) is 0. The highest BCUT2D eigenvalue weighted by Gasteiger charge is 2.33. The average molecular weight is 343 g/mol. The molecule has 0 bridgehead atoms. The highest BCUT2D eigenvalue weighted by molar-refractivity contribution is 7.99. The Morgan fingerprint density at radius 3 is 2.42 bits per heavy atom. The third-order valence-electron chi connectivity index (χ3n) is 5.18. The van der Waals surface area contributed by atoms with Crippen LogP contribution in [0.2, 0.25) is 0 Å². The number of aromatic nitrogens is 3. The molecule has 1 saturated carbocycles. The molecule has 1 saturated heterocycles. The zero-order valence-corrected chi connectivity index (χ0v) is 15.4. The molecule has 1 unspecified atom stereocenters. The van der Waals surface area contributed by atoms with Crippen LogP contribution in [0, 0.1) is 5.92 Å². The fourth-order valence-electron chi connectivity index (χ4n) is 3.38. The Kier molecular flexibility index (Phi) is 4.53. The Morgan fingerprint density at radius 1 is 1.04 bits per heavy atom. The largest absolute Gasteiger partial charge is 0.341 e. The first kappa shape index (κ1) is 16.0. The number of anilines is 1. The summed E-state index contributed by atoms with van der Waals surface area (Å²) in [7, 11) is 0. The summed E-state index contributed by atoms with van der Waals surface area (Å²) in [6, 6.07) is 11.3. The first-order chi connectivity index (χ1) is 11.7. The molecule has 0 N–H and O–H groups in total. The maximum Gasteiger partial charge on any atom is 0.228 e. The standard InChI is InChI=1S/C19H26N4S/c1-14-10-12-22(13-11-14)18-20-21-19(23(18)17-8-9-17)24-15(2)16-6-4-3-5-7-16/h3-7,14-15,17H,8-13H2,1-2H3. The van der Waals surface area contributed by atoms with Gasteiger partial charge in [-0.15, -0.1) is 10.2 Å². The van der Waals surface area contributed by atoms with E-state index >= 15 is 0 Å². The Morgan fingerprint density at radius 2 is 1.75 bits per heavy atom. The summed E-state index contributed by atoms with van der Waals surface area (Å²) in [5, 5.41) is 10.6. The van der Waals surface area contributed by atoms with E-state index in [4.69, 9.17) is 0 Å². The molecule has 0 radical (unpaired) electrons. The van der Waals surface area contributed by atoms with Crippen molar-refractivity contribution in [1.29, 1.82) is 0 Å². The molecule has 1 aliphatic heterocycles. The van der Waals surface area contributed by atoms with Crippen LogP contribution in [0.1, 0.15) is 56.4 Å². The van der Waals surface area contributed by atoms with Crippen LogP contribution in [-0.4, -0.2) is 27.9 Å². The second kappa shape index (κ2) is 6.79. The molecular formula is C19H26N4S. The van der Waals surface area contributed by atoms with Crippen molar-refractivity contribution < 1.29 is 0 Å². The van der Waals surface area contributed by atoms with E-state index in [2.05, 4.69) is 63.8 Å². The van der Waals surface area contributed by atoms with Gasteiger partial charge < -0.3 is 4.90 Å². The van der Waals surface area contributed by atoms with Crippen molar-refractivity contribution in [2.24, 2.45) is 5.92 Å². The monoisotopic (exact) mass is 342 g/mol. The molecule has 2 fully saturated rings. The lowest BCUT2D eigenvalue weighted by Gasteiger charge is -2.31. The number of rotatable bonds is 5. The van der Waals surface area contributed by atoms with Gasteiger partial charge in [-0.25, -0.2) is 0 Å². The van der Waals surface area contributed by atoms with Crippen LogP contribution in [0.3, 0.4) is 0 Å². The van der Waals surface area contributed by atoms with Gasteiger partial charge in [0.25, 0.3) is 0 Å². The summed E-state index contributed by atoms with van der Waals surface area (Å²) in [5.41, 5.74) is 1.35. The molecule has 0 spiro atoms. The average Bonchev–Trinajstić information content (AvgIpc) is 3.37. The van der Waals surface area contributed by atoms with E-state index < -0.39 is 0 Å². The van der Waals surface area contributed by atoms with E-state index in [1.165, 1.54) is 31.2 Å². The minimum atomic E-state index is 0.391. The van der Waals surface area contributed by atoms with E-state index in [-0.39, 0.29) is 0 Å².